The Bertz CT molecular complexity index is 709. The predicted molar refractivity (Wildman–Crippen MR) is 106 cm³/mol. The third kappa shape index (κ3) is 7.10. The van der Waals surface area contributed by atoms with Crippen molar-refractivity contribution in [2.45, 2.75) is 43.0 Å². The van der Waals surface area contributed by atoms with Gasteiger partial charge in [0.15, 0.2) is 12.2 Å². The largest absolute Gasteiger partial charge is 0.488 e. The molecule has 0 bridgehead atoms. The van der Waals surface area contributed by atoms with Crippen molar-refractivity contribution in [3.63, 3.8) is 0 Å². The van der Waals surface area contributed by atoms with Crippen LogP contribution in [0.1, 0.15) is 6.42 Å². The number of para-hydroxylation sites is 1. The van der Waals surface area contributed by atoms with Crippen LogP contribution in [-0.2, 0) is 23.8 Å². The van der Waals surface area contributed by atoms with Crippen LogP contribution in [0, 0.1) is 0 Å². The highest BCUT2D eigenvalue weighted by Crippen LogP contribution is 2.21. The number of aliphatic hydroxyl groups is 4. The maximum Gasteiger partial charge on any atom is 0.378 e. The molecule has 2 rings (SSSR count). The number of benzene rings is 1. The van der Waals surface area contributed by atoms with Gasteiger partial charge in [0, 0.05) is 6.42 Å². The standard InChI is InChI=1S/C21H28O10/c1-2-8-28-17(12-29-20-18(26)21(27)31-19(20)16(25)11-23)15(24)9-14(10-22)30-13-6-4-3-5-7-13/h2-7,14-17,19-20,22-25H,1,8-12H2/t14?,15?,16-,17?,19+,20?/m0/s1. The number of Topliss-reactive ketones (excluding diaryl/α,β-unsaturated/α-hetero) is 1. The maximum atomic E-state index is 12.0. The fourth-order valence-electron chi connectivity index (χ4n) is 3.00. The molecule has 4 N–H and O–H groups in total. The number of hydrogen-bond acceptors (Lipinski definition) is 10. The number of carbonyl (C=O) groups is 2. The molecule has 10 nitrogen and oxygen atoms in total. The molecule has 1 aromatic carbocycles. The fraction of sp³-hybridized carbons (Fsp3) is 0.524. The van der Waals surface area contributed by atoms with E-state index in [1.165, 1.54) is 6.08 Å². The quantitative estimate of drug-likeness (QED) is 0.161. The van der Waals surface area contributed by atoms with Gasteiger partial charge in [-0.2, -0.15) is 0 Å². The smallest absolute Gasteiger partial charge is 0.378 e. The third-order valence-corrected chi connectivity index (χ3v) is 4.62. The zero-order valence-electron chi connectivity index (χ0n) is 16.9. The van der Waals surface area contributed by atoms with E-state index in [9.17, 15) is 24.9 Å². The molecule has 0 amide bonds. The molecular weight excluding hydrogens is 412 g/mol. The number of carbonyl (C=O) groups excluding carboxylic acids is 2. The van der Waals surface area contributed by atoms with Gasteiger partial charge in [-0.3, -0.25) is 4.79 Å². The van der Waals surface area contributed by atoms with Crippen molar-refractivity contribution in [3.05, 3.63) is 43.0 Å². The van der Waals surface area contributed by atoms with E-state index in [0.717, 1.165) is 0 Å². The second-order valence-corrected chi connectivity index (χ2v) is 6.94. The predicted octanol–water partition coefficient (Wildman–Crippen LogP) is -1.02. The Balaban J connectivity index is 2.01. The molecule has 1 aliphatic rings. The summed E-state index contributed by atoms with van der Waals surface area (Å²) < 4.78 is 21.4. The van der Waals surface area contributed by atoms with Gasteiger partial charge in [-0.15, -0.1) is 6.58 Å². The summed E-state index contributed by atoms with van der Waals surface area (Å²) in [5.74, 6) is -1.67. The molecule has 10 heteroatoms. The summed E-state index contributed by atoms with van der Waals surface area (Å²) in [6.45, 7) is 2.16. The molecule has 0 saturated carbocycles. The van der Waals surface area contributed by atoms with Crippen molar-refractivity contribution in [2.75, 3.05) is 26.4 Å². The van der Waals surface area contributed by atoms with Crippen molar-refractivity contribution in [3.8, 4) is 5.75 Å². The zero-order chi connectivity index (χ0) is 22.8. The van der Waals surface area contributed by atoms with Crippen LogP contribution < -0.4 is 4.74 Å². The molecule has 4 unspecified atom stereocenters. The highest BCUT2D eigenvalue weighted by atomic mass is 16.6. The normalized spacial score (nSPS) is 22.5. The third-order valence-electron chi connectivity index (χ3n) is 4.62. The van der Waals surface area contributed by atoms with Gasteiger partial charge < -0.3 is 39.4 Å². The molecular formula is C21H28O10. The Hall–Kier alpha value is -2.34. The molecule has 1 fully saturated rings. The molecule has 172 valence electrons. The van der Waals surface area contributed by atoms with Gasteiger partial charge in [-0.1, -0.05) is 24.3 Å². The molecule has 0 spiro atoms. The number of ketones is 1. The zero-order valence-corrected chi connectivity index (χ0v) is 16.9. The Kier molecular flexibility index (Phi) is 10.0. The van der Waals surface area contributed by atoms with E-state index in [2.05, 4.69) is 6.58 Å². The lowest BCUT2D eigenvalue weighted by atomic mass is 10.1. The van der Waals surface area contributed by atoms with Crippen LogP contribution in [0.3, 0.4) is 0 Å². The highest BCUT2D eigenvalue weighted by Gasteiger charge is 2.48. The van der Waals surface area contributed by atoms with Crippen LogP contribution in [0.15, 0.2) is 43.0 Å². The summed E-state index contributed by atoms with van der Waals surface area (Å²) in [5.41, 5.74) is 0. The molecule has 31 heavy (non-hydrogen) atoms. The van der Waals surface area contributed by atoms with Crippen LogP contribution >= 0.6 is 0 Å². The van der Waals surface area contributed by atoms with E-state index < -0.39 is 55.0 Å². The van der Waals surface area contributed by atoms with E-state index in [0.29, 0.717) is 5.75 Å². The van der Waals surface area contributed by atoms with Crippen LogP contribution in [0.4, 0.5) is 0 Å². The first-order valence-electron chi connectivity index (χ1n) is 9.79. The van der Waals surface area contributed by atoms with Gasteiger partial charge in [0.2, 0.25) is 0 Å². The van der Waals surface area contributed by atoms with Crippen molar-refractivity contribution in [1.29, 1.82) is 0 Å². The number of cyclic esters (lactones) is 1. The lowest BCUT2D eigenvalue weighted by molar-refractivity contribution is -0.152. The summed E-state index contributed by atoms with van der Waals surface area (Å²) in [7, 11) is 0. The lowest BCUT2D eigenvalue weighted by Crippen LogP contribution is -2.44. The van der Waals surface area contributed by atoms with Crippen LogP contribution in [0.5, 0.6) is 5.75 Å². The molecule has 6 atom stereocenters. The SMILES string of the molecule is C=CCOC(COC1C(=O)C(=O)O[C@@H]1[C@@H](O)CO)C(O)CC(CO)Oc1ccccc1. The summed E-state index contributed by atoms with van der Waals surface area (Å²) in [5, 5.41) is 39.1. The minimum absolute atomic E-state index is 0.0205. The first-order valence-corrected chi connectivity index (χ1v) is 9.79. The second-order valence-electron chi connectivity index (χ2n) is 6.94. The number of rotatable bonds is 14. The number of ether oxygens (including phenoxy) is 4. The summed E-state index contributed by atoms with van der Waals surface area (Å²) in [4.78, 5) is 23.5. The van der Waals surface area contributed by atoms with Crippen molar-refractivity contribution >= 4 is 11.8 Å². The molecule has 1 aromatic rings. The number of hydrogen-bond donors (Lipinski definition) is 4. The lowest BCUT2D eigenvalue weighted by Gasteiger charge is -2.28. The van der Waals surface area contributed by atoms with Crippen molar-refractivity contribution < 1.29 is 49.0 Å². The Morgan fingerprint density at radius 3 is 2.45 bits per heavy atom. The summed E-state index contributed by atoms with van der Waals surface area (Å²) in [6, 6.07) is 8.76. The van der Waals surface area contributed by atoms with Gasteiger partial charge in [0.1, 0.15) is 24.1 Å². The molecule has 1 heterocycles. The molecule has 0 aliphatic carbocycles. The minimum atomic E-state index is -1.50. The Morgan fingerprint density at radius 1 is 1.13 bits per heavy atom. The van der Waals surface area contributed by atoms with Crippen LogP contribution in [-0.4, -0.2) is 95.2 Å². The van der Waals surface area contributed by atoms with E-state index >= 15 is 0 Å². The van der Waals surface area contributed by atoms with Gasteiger partial charge in [-0.05, 0) is 12.1 Å². The summed E-state index contributed by atoms with van der Waals surface area (Å²) in [6.07, 6.45) is -5.77. The van der Waals surface area contributed by atoms with E-state index in [1.54, 1.807) is 24.3 Å². The van der Waals surface area contributed by atoms with E-state index in [1.807, 2.05) is 6.07 Å². The second kappa shape index (κ2) is 12.5. The van der Waals surface area contributed by atoms with E-state index in [-0.39, 0.29) is 26.2 Å². The summed E-state index contributed by atoms with van der Waals surface area (Å²) >= 11 is 0. The van der Waals surface area contributed by atoms with Gasteiger partial charge in [-0.25, -0.2) is 4.79 Å². The average Bonchev–Trinajstić information content (AvgIpc) is 3.07. The topological polar surface area (TPSA) is 152 Å². The van der Waals surface area contributed by atoms with Gasteiger partial charge in [0.05, 0.1) is 32.5 Å². The maximum absolute atomic E-state index is 12.0. The van der Waals surface area contributed by atoms with Crippen molar-refractivity contribution in [2.24, 2.45) is 0 Å². The Morgan fingerprint density at radius 2 is 1.84 bits per heavy atom. The monoisotopic (exact) mass is 440 g/mol. The van der Waals surface area contributed by atoms with Crippen LogP contribution in [0.2, 0.25) is 0 Å². The molecule has 1 aliphatic heterocycles. The van der Waals surface area contributed by atoms with Gasteiger partial charge in [0.25, 0.3) is 5.78 Å². The Labute approximate surface area is 179 Å². The highest BCUT2D eigenvalue weighted by molar-refractivity contribution is 6.37. The first-order chi connectivity index (χ1) is 14.9. The van der Waals surface area contributed by atoms with Crippen molar-refractivity contribution in [1.82, 2.24) is 0 Å². The number of esters is 1. The fourth-order valence-corrected chi connectivity index (χ4v) is 3.00. The average molecular weight is 440 g/mol. The minimum Gasteiger partial charge on any atom is -0.488 e. The van der Waals surface area contributed by atoms with Gasteiger partial charge >= 0.3 is 5.97 Å². The van der Waals surface area contributed by atoms with E-state index in [4.69, 9.17) is 24.1 Å². The molecule has 0 aromatic heterocycles. The van der Waals surface area contributed by atoms with Crippen LogP contribution in [0.25, 0.3) is 0 Å². The molecule has 0 radical (unpaired) electrons. The molecule has 1 saturated heterocycles. The number of aliphatic hydroxyl groups excluding tert-OH is 4. The first kappa shape index (κ1) is 24.9.